The van der Waals surface area contributed by atoms with E-state index in [1.807, 2.05) is 0 Å². The van der Waals surface area contributed by atoms with Gasteiger partial charge in [0.25, 0.3) is 0 Å². The zero-order valence-corrected chi connectivity index (χ0v) is 9.57. The summed E-state index contributed by atoms with van der Waals surface area (Å²) in [6.07, 6.45) is 0.996. The van der Waals surface area contributed by atoms with Gasteiger partial charge in [-0.05, 0) is 29.3 Å². The molecule has 0 radical (unpaired) electrons. The van der Waals surface area contributed by atoms with Crippen LogP contribution in [0.2, 0.25) is 10.0 Å². The highest BCUT2D eigenvalue weighted by molar-refractivity contribution is 6.34. The van der Waals surface area contributed by atoms with Gasteiger partial charge in [0.15, 0.2) is 0 Å². The largest absolute Gasteiger partial charge is 0.478 e. The van der Waals surface area contributed by atoms with E-state index in [0.717, 1.165) is 18.2 Å². The van der Waals surface area contributed by atoms with Crippen molar-refractivity contribution >= 4 is 35.2 Å². The molecule has 1 rings (SSSR count). The fraction of sp³-hybridized carbons (Fsp3) is 0. The number of carboxylic acids is 1. The second kappa shape index (κ2) is 5.54. The van der Waals surface area contributed by atoms with E-state index in [4.69, 9.17) is 33.8 Å². The monoisotopic (exact) mass is 275 g/mol. The lowest BCUT2D eigenvalue weighted by Gasteiger charge is -2.01. The van der Waals surface area contributed by atoms with Gasteiger partial charge in [0.05, 0.1) is 10.0 Å². The molecule has 0 atom stereocenters. The minimum absolute atomic E-state index is 0.0428. The number of azide groups is 1. The zero-order chi connectivity index (χ0) is 13.0. The molecule has 17 heavy (non-hydrogen) atoms. The molecular weight excluding hydrogens is 272 g/mol. The number of halogens is 3. The van der Waals surface area contributed by atoms with Crippen LogP contribution in [0.5, 0.6) is 0 Å². The molecule has 0 heterocycles. The first-order valence-corrected chi connectivity index (χ1v) is 4.86. The second-order valence-corrected chi connectivity index (χ2v) is 3.63. The van der Waals surface area contributed by atoms with E-state index in [1.54, 1.807) is 0 Å². The van der Waals surface area contributed by atoms with Crippen LogP contribution in [-0.2, 0) is 4.79 Å². The van der Waals surface area contributed by atoms with Crippen molar-refractivity contribution in [3.63, 3.8) is 0 Å². The predicted octanol–water partition coefficient (Wildman–Crippen LogP) is 3.87. The van der Waals surface area contributed by atoms with Crippen molar-refractivity contribution in [2.45, 2.75) is 0 Å². The van der Waals surface area contributed by atoms with E-state index in [1.165, 1.54) is 0 Å². The minimum atomic E-state index is -1.43. The predicted molar refractivity (Wildman–Crippen MR) is 61.2 cm³/mol. The highest BCUT2D eigenvalue weighted by atomic mass is 35.5. The third kappa shape index (κ3) is 3.35. The van der Waals surface area contributed by atoms with Crippen molar-refractivity contribution in [3.8, 4) is 0 Å². The fourth-order valence-corrected chi connectivity index (χ4v) is 1.35. The van der Waals surface area contributed by atoms with E-state index in [2.05, 4.69) is 10.0 Å². The molecule has 0 amide bonds. The first-order valence-electron chi connectivity index (χ1n) is 4.10. The van der Waals surface area contributed by atoms with Crippen LogP contribution in [0.15, 0.2) is 22.9 Å². The van der Waals surface area contributed by atoms with Crippen molar-refractivity contribution in [3.05, 3.63) is 49.7 Å². The van der Waals surface area contributed by atoms with Crippen LogP contribution in [0.1, 0.15) is 5.56 Å². The Kier molecular flexibility index (Phi) is 4.34. The summed E-state index contributed by atoms with van der Waals surface area (Å²) in [6, 6.07) is 2.07. The molecule has 0 aliphatic heterocycles. The number of carbonyl (C=O) groups is 1. The summed E-state index contributed by atoms with van der Waals surface area (Å²) < 4.78 is 13.0. The highest BCUT2D eigenvalue weighted by Gasteiger charge is 2.09. The molecule has 0 saturated heterocycles. The molecule has 0 aromatic heterocycles. The summed E-state index contributed by atoms with van der Waals surface area (Å²) in [5.74, 6) is -2.16. The quantitative estimate of drug-likeness (QED) is 0.298. The molecule has 0 saturated carbocycles. The Morgan fingerprint density at radius 1 is 1.47 bits per heavy atom. The average Bonchev–Trinajstić information content (AvgIpc) is 2.24. The summed E-state index contributed by atoms with van der Waals surface area (Å²) in [6.45, 7) is 0. The van der Waals surface area contributed by atoms with Crippen molar-refractivity contribution in [2.24, 2.45) is 5.11 Å². The molecule has 1 N–H and O–H groups in total. The van der Waals surface area contributed by atoms with Gasteiger partial charge in [-0.1, -0.05) is 28.3 Å². The molecule has 1 aromatic carbocycles. The Balaban J connectivity index is 3.34. The van der Waals surface area contributed by atoms with E-state index in [0.29, 0.717) is 0 Å². The standard InChI is InChI=1S/C9H4Cl2FN3O2/c10-5-3-7(12)6(11)1-4(5)2-8(9(16)17)14-15-13/h1-3H,(H,16,17)/b8-2-. The van der Waals surface area contributed by atoms with Gasteiger partial charge in [0.2, 0.25) is 0 Å². The second-order valence-electron chi connectivity index (χ2n) is 2.81. The molecule has 0 unspecified atom stereocenters. The van der Waals surface area contributed by atoms with Gasteiger partial charge in [-0.3, -0.25) is 0 Å². The number of nitrogens with zero attached hydrogens (tertiary/aromatic N) is 3. The van der Waals surface area contributed by atoms with Crippen LogP contribution >= 0.6 is 23.2 Å². The van der Waals surface area contributed by atoms with Crippen LogP contribution in [0.3, 0.4) is 0 Å². The summed E-state index contributed by atoms with van der Waals surface area (Å²) in [5.41, 5.74) is 7.74. The topological polar surface area (TPSA) is 86.1 Å². The van der Waals surface area contributed by atoms with Gasteiger partial charge in [-0.2, -0.15) is 0 Å². The van der Waals surface area contributed by atoms with Crippen molar-refractivity contribution in [1.82, 2.24) is 0 Å². The molecule has 0 bridgehead atoms. The van der Waals surface area contributed by atoms with Gasteiger partial charge in [0.1, 0.15) is 11.5 Å². The van der Waals surface area contributed by atoms with Crippen LogP contribution in [0, 0.1) is 5.82 Å². The maximum absolute atomic E-state index is 13.0. The Morgan fingerprint density at radius 3 is 2.65 bits per heavy atom. The number of hydrogen-bond donors (Lipinski definition) is 1. The van der Waals surface area contributed by atoms with E-state index < -0.39 is 17.5 Å². The van der Waals surface area contributed by atoms with Gasteiger partial charge in [-0.15, -0.1) is 0 Å². The van der Waals surface area contributed by atoms with Crippen LogP contribution in [-0.4, -0.2) is 11.1 Å². The molecular formula is C9H4Cl2FN3O2. The highest BCUT2D eigenvalue weighted by Crippen LogP contribution is 2.26. The van der Waals surface area contributed by atoms with E-state index in [-0.39, 0.29) is 15.6 Å². The average molecular weight is 276 g/mol. The number of benzene rings is 1. The Bertz CT molecular complexity index is 549. The molecule has 0 spiro atoms. The Morgan fingerprint density at radius 2 is 2.12 bits per heavy atom. The molecule has 0 aliphatic carbocycles. The third-order valence-electron chi connectivity index (χ3n) is 1.70. The Hall–Kier alpha value is -1.75. The SMILES string of the molecule is [N-]=[N+]=N/C(=C\c1cc(Cl)c(F)cc1Cl)C(=O)O. The molecule has 0 fully saturated rings. The maximum Gasteiger partial charge on any atom is 0.338 e. The number of hydrogen-bond acceptors (Lipinski definition) is 2. The van der Waals surface area contributed by atoms with E-state index in [9.17, 15) is 9.18 Å². The van der Waals surface area contributed by atoms with Crippen molar-refractivity contribution in [2.75, 3.05) is 0 Å². The summed E-state index contributed by atoms with van der Waals surface area (Å²) in [4.78, 5) is 13.0. The van der Waals surface area contributed by atoms with Crippen LogP contribution in [0.4, 0.5) is 4.39 Å². The van der Waals surface area contributed by atoms with Gasteiger partial charge >= 0.3 is 5.97 Å². The van der Waals surface area contributed by atoms with Gasteiger partial charge < -0.3 is 5.11 Å². The first-order chi connectivity index (χ1) is 7.95. The zero-order valence-electron chi connectivity index (χ0n) is 8.06. The lowest BCUT2D eigenvalue weighted by atomic mass is 10.2. The normalized spacial score (nSPS) is 10.9. The molecule has 0 aliphatic rings. The van der Waals surface area contributed by atoms with Crippen molar-refractivity contribution in [1.29, 1.82) is 0 Å². The molecule has 1 aromatic rings. The summed E-state index contributed by atoms with van der Waals surface area (Å²) in [7, 11) is 0. The van der Waals surface area contributed by atoms with Crippen molar-refractivity contribution < 1.29 is 14.3 Å². The lowest BCUT2D eigenvalue weighted by molar-refractivity contribution is -0.132. The maximum atomic E-state index is 13.0. The minimum Gasteiger partial charge on any atom is -0.478 e. The first kappa shape index (κ1) is 13.3. The van der Waals surface area contributed by atoms with E-state index >= 15 is 0 Å². The van der Waals surface area contributed by atoms with Crippen LogP contribution < -0.4 is 0 Å². The fourth-order valence-electron chi connectivity index (χ4n) is 0.977. The number of rotatable bonds is 3. The Labute approximate surface area is 105 Å². The number of aliphatic carboxylic acids is 1. The smallest absolute Gasteiger partial charge is 0.338 e. The lowest BCUT2D eigenvalue weighted by Crippen LogP contribution is -1.97. The molecule has 8 heteroatoms. The molecule has 5 nitrogen and oxygen atoms in total. The number of carboxylic acid groups (broad SMARTS) is 1. The van der Waals surface area contributed by atoms with Gasteiger partial charge in [-0.25, -0.2) is 9.18 Å². The summed E-state index contributed by atoms with van der Waals surface area (Å²) >= 11 is 11.2. The molecule has 88 valence electrons. The summed E-state index contributed by atoms with van der Waals surface area (Å²) in [5, 5.41) is 11.4. The third-order valence-corrected chi connectivity index (χ3v) is 2.32. The van der Waals surface area contributed by atoms with Gasteiger partial charge in [0, 0.05) is 4.91 Å². The van der Waals surface area contributed by atoms with Crippen LogP contribution in [0.25, 0.3) is 16.5 Å².